The molecule has 0 aromatic carbocycles. The van der Waals surface area contributed by atoms with Crippen molar-refractivity contribution < 1.29 is 24.2 Å². The standard InChI is InChI=1S/C14H16N2O5S/c1-7-4-5-9(21-7)12-16-8(2)10(22-12)11(17)15-6-14(3,20)13(18)19/h4-5,20H,6H2,1-3H3,(H,15,17)(H,18,19). The number of carboxylic acids is 1. The zero-order valence-corrected chi connectivity index (χ0v) is 13.2. The van der Waals surface area contributed by atoms with Gasteiger partial charge in [0.1, 0.15) is 10.6 Å². The van der Waals surface area contributed by atoms with E-state index in [-0.39, 0.29) is 0 Å². The number of furan rings is 1. The quantitative estimate of drug-likeness (QED) is 0.770. The van der Waals surface area contributed by atoms with Crippen molar-refractivity contribution >= 4 is 23.2 Å². The molecule has 0 spiro atoms. The number of hydrogen-bond donors (Lipinski definition) is 3. The molecule has 0 aliphatic rings. The number of aliphatic hydroxyl groups is 1. The van der Waals surface area contributed by atoms with Gasteiger partial charge in [-0.25, -0.2) is 9.78 Å². The number of thiazole rings is 1. The minimum absolute atomic E-state index is 0.352. The number of amides is 1. The molecule has 118 valence electrons. The lowest BCUT2D eigenvalue weighted by molar-refractivity contribution is -0.155. The summed E-state index contributed by atoms with van der Waals surface area (Å²) in [7, 11) is 0. The van der Waals surface area contributed by atoms with E-state index in [1.165, 1.54) is 0 Å². The summed E-state index contributed by atoms with van der Waals surface area (Å²) < 4.78 is 5.46. The molecule has 2 rings (SSSR count). The number of hydrogen-bond acceptors (Lipinski definition) is 6. The van der Waals surface area contributed by atoms with Crippen LogP contribution in [0, 0.1) is 13.8 Å². The molecule has 0 saturated heterocycles. The number of nitrogens with zero attached hydrogens (tertiary/aromatic N) is 1. The second kappa shape index (κ2) is 5.90. The van der Waals surface area contributed by atoms with Crippen molar-refractivity contribution in [1.82, 2.24) is 10.3 Å². The third kappa shape index (κ3) is 3.34. The average Bonchev–Trinajstić information content (AvgIpc) is 3.02. The fraction of sp³-hybridized carbons (Fsp3) is 0.357. The lowest BCUT2D eigenvalue weighted by Gasteiger charge is -2.17. The zero-order chi connectivity index (χ0) is 16.5. The highest BCUT2D eigenvalue weighted by Crippen LogP contribution is 2.29. The lowest BCUT2D eigenvalue weighted by atomic mass is 10.1. The van der Waals surface area contributed by atoms with Crippen molar-refractivity contribution in [2.45, 2.75) is 26.4 Å². The molecular weight excluding hydrogens is 308 g/mol. The van der Waals surface area contributed by atoms with Gasteiger partial charge in [-0.05, 0) is 32.9 Å². The first-order valence-corrected chi connectivity index (χ1v) is 7.30. The Morgan fingerprint density at radius 1 is 1.41 bits per heavy atom. The molecule has 0 aliphatic carbocycles. The van der Waals surface area contributed by atoms with Crippen molar-refractivity contribution in [2.75, 3.05) is 6.54 Å². The molecule has 2 aromatic heterocycles. The van der Waals surface area contributed by atoms with Gasteiger partial charge in [-0.3, -0.25) is 4.79 Å². The smallest absolute Gasteiger partial charge is 0.337 e. The molecule has 0 bridgehead atoms. The van der Waals surface area contributed by atoms with Crippen molar-refractivity contribution in [3.05, 3.63) is 28.5 Å². The van der Waals surface area contributed by atoms with Crippen molar-refractivity contribution in [2.24, 2.45) is 0 Å². The molecule has 22 heavy (non-hydrogen) atoms. The summed E-state index contributed by atoms with van der Waals surface area (Å²) in [5, 5.41) is 21.4. The van der Waals surface area contributed by atoms with Gasteiger partial charge in [0.05, 0.1) is 12.2 Å². The Bertz CT molecular complexity index is 717. The second-order valence-electron chi connectivity index (χ2n) is 5.11. The maximum atomic E-state index is 12.1. The van der Waals surface area contributed by atoms with E-state index in [0.29, 0.717) is 21.3 Å². The van der Waals surface area contributed by atoms with Gasteiger partial charge >= 0.3 is 5.97 Å². The normalized spacial score (nSPS) is 13.6. The minimum atomic E-state index is -2.02. The summed E-state index contributed by atoms with van der Waals surface area (Å²) in [6.07, 6.45) is 0. The van der Waals surface area contributed by atoms with Crippen molar-refractivity contribution in [1.29, 1.82) is 0 Å². The largest absolute Gasteiger partial charge is 0.479 e. The summed E-state index contributed by atoms with van der Waals surface area (Å²) >= 11 is 1.15. The number of carbonyl (C=O) groups is 2. The van der Waals surface area contributed by atoms with Crippen LogP contribution in [0.4, 0.5) is 0 Å². The molecule has 0 radical (unpaired) electrons. The Balaban J connectivity index is 2.14. The van der Waals surface area contributed by atoms with Crippen LogP contribution in [-0.2, 0) is 4.79 Å². The van der Waals surface area contributed by atoms with E-state index in [1.807, 2.05) is 6.92 Å². The Labute approximate surface area is 130 Å². The number of carbonyl (C=O) groups excluding carboxylic acids is 1. The van der Waals surface area contributed by atoms with E-state index in [9.17, 15) is 14.7 Å². The van der Waals surface area contributed by atoms with Crippen LogP contribution in [-0.4, -0.2) is 39.2 Å². The molecule has 8 heteroatoms. The molecule has 1 atom stereocenters. The lowest BCUT2D eigenvalue weighted by Crippen LogP contribution is -2.46. The van der Waals surface area contributed by atoms with Crippen LogP contribution in [0.25, 0.3) is 10.8 Å². The second-order valence-corrected chi connectivity index (χ2v) is 6.10. The van der Waals surface area contributed by atoms with Crippen molar-refractivity contribution in [3.8, 4) is 10.8 Å². The Hall–Kier alpha value is -2.19. The van der Waals surface area contributed by atoms with Crippen LogP contribution in [0.15, 0.2) is 16.5 Å². The fourth-order valence-corrected chi connectivity index (χ4v) is 2.61. The average molecular weight is 324 g/mol. The van der Waals surface area contributed by atoms with Crippen LogP contribution in [0.5, 0.6) is 0 Å². The van der Waals surface area contributed by atoms with E-state index in [0.717, 1.165) is 24.0 Å². The Kier molecular flexibility index (Phi) is 4.34. The topological polar surface area (TPSA) is 113 Å². The van der Waals surface area contributed by atoms with E-state index < -0.39 is 24.0 Å². The van der Waals surface area contributed by atoms with Gasteiger partial charge in [0, 0.05) is 0 Å². The highest BCUT2D eigenvalue weighted by Gasteiger charge is 2.31. The molecule has 7 nitrogen and oxygen atoms in total. The summed E-state index contributed by atoms with van der Waals surface area (Å²) in [4.78, 5) is 27.5. The SMILES string of the molecule is Cc1ccc(-c2nc(C)c(C(=O)NCC(C)(O)C(=O)O)s2)o1. The molecule has 3 N–H and O–H groups in total. The highest BCUT2D eigenvalue weighted by molar-refractivity contribution is 7.17. The van der Waals surface area contributed by atoms with E-state index >= 15 is 0 Å². The van der Waals surface area contributed by atoms with Gasteiger partial charge in [0.15, 0.2) is 16.4 Å². The van der Waals surface area contributed by atoms with E-state index in [1.54, 1.807) is 19.1 Å². The van der Waals surface area contributed by atoms with Crippen molar-refractivity contribution in [3.63, 3.8) is 0 Å². The molecule has 1 unspecified atom stereocenters. The van der Waals surface area contributed by atoms with Gasteiger partial charge < -0.3 is 19.9 Å². The number of rotatable bonds is 5. The predicted octanol–water partition coefficient (Wildman–Crippen LogP) is 1.59. The van der Waals surface area contributed by atoms with Crippen LogP contribution in [0.3, 0.4) is 0 Å². The molecule has 0 saturated carbocycles. The van der Waals surface area contributed by atoms with Gasteiger partial charge in [-0.2, -0.15) is 0 Å². The fourth-order valence-electron chi connectivity index (χ4n) is 1.67. The third-order valence-corrected chi connectivity index (χ3v) is 4.18. The minimum Gasteiger partial charge on any atom is -0.479 e. The highest BCUT2D eigenvalue weighted by atomic mass is 32.1. The molecule has 0 aliphatic heterocycles. The molecule has 2 aromatic rings. The first kappa shape index (κ1) is 16.2. The summed E-state index contributed by atoms with van der Waals surface area (Å²) in [6, 6.07) is 3.57. The number of nitrogens with one attached hydrogen (secondary N) is 1. The number of aliphatic carboxylic acids is 1. The Morgan fingerprint density at radius 2 is 2.09 bits per heavy atom. The summed E-state index contributed by atoms with van der Waals surface area (Å²) in [5.74, 6) is -0.569. The zero-order valence-electron chi connectivity index (χ0n) is 12.3. The van der Waals surface area contributed by atoms with Gasteiger partial charge in [-0.1, -0.05) is 0 Å². The molecule has 2 heterocycles. The molecule has 0 fully saturated rings. The van der Waals surface area contributed by atoms with Crippen LogP contribution >= 0.6 is 11.3 Å². The van der Waals surface area contributed by atoms with Gasteiger partial charge in [-0.15, -0.1) is 11.3 Å². The first-order valence-electron chi connectivity index (χ1n) is 6.49. The van der Waals surface area contributed by atoms with Gasteiger partial charge in [0.25, 0.3) is 5.91 Å². The van der Waals surface area contributed by atoms with Gasteiger partial charge in [0.2, 0.25) is 0 Å². The Morgan fingerprint density at radius 3 is 2.64 bits per heavy atom. The molecule has 1 amide bonds. The summed E-state index contributed by atoms with van der Waals surface area (Å²) in [6.45, 7) is 4.21. The maximum absolute atomic E-state index is 12.1. The van der Waals surface area contributed by atoms with Crippen LogP contribution < -0.4 is 5.32 Å². The predicted molar refractivity (Wildman–Crippen MR) is 79.9 cm³/mol. The number of aryl methyl sites for hydroxylation is 2. The van der Waals surface area contributed by atoms with E-state index in [4.69, 9.17) is 9.52 Å². The summed E-state index contributed by atoms with van der Waals surface area (Å²) in [5.41, 5.74) is -1.50. The van der Waals surface area contributed by atoms with E-state index in [2.05, 4.69) is 10.3 Å². The third-order valence-electron chi connectivity index (χ3n) is 3.01. The number of aromatic nitrogens is 1. The monoisotopic (exact) mass is 324 g/mol. The first-order chi connectivity index (χ1) is 10.2. The maximum Gasteiger partial charge on any atom is 0.337 e. The van der Waals surface area contributed by atoms with Crippen LogP contribution in [0.1, 0.15) is 28.0 Å². The van der Waals surface area contributed by atoms with Crippen LogP contribution in [0.2, 0.25) is 0 Å². The number of carboxylic acid groups (broad SMARTS) is 1. The molecular formula is C14H16N2O5S.